The molecule has 1 amide bonds. The molecule has 6 nitrogen and oxygen atoms in total. The van der Waals surface area contributed by atoms with Crippen LogP contribution in [0.5, 0.6) is 5.75 Å². The number of carbonyl (C=O) groups excluding carboxylic acids is 1. The van der Waals surface area contributed by atoms with Crippen molar-refractivity contribution >= 4 is 27.7 Å². The molecule has 0 bridgehead atoms. The van der Waals surface area contributed by atoms with Crippen molar-refractivity contribution in [1.82, 2.24) is 9.62 Å². The number of nitrogens with zero attached hydrogens (tertiary/aromatic N) is 1. The molecule has 2 aromatic rings. The number of benzene rings is 2. The summed E-state index contributed by atoms with van der Waals surface area (Å²) in [4.78, 5) is 14.1. The maximum absolute atomic E-state index is 12.9. The predicted octanol–water partition coefficient (Wildman–Crippen LogP) is 3.70. The number of rotatable bonds is 7. The standard InChI is InChI=1S/C22H28N2O4S2/c1-16(20-6-4-5-7-21(20)28-2)23-22(25)17-12-14-24(15-13-17)30(26,27)19-10-8-18(29-3)9-11-19/h4-11,16-17H,12-15H2,1-3H3,(H,23,25)/t16-/m0/s1. The summed E-state index contributed by atoms with van der Waals surface area (Å²) in [5.74, 6) is 0.487. The van der Waals surface area contributed by atoms with Crippen molar-refractivity contribution in [2.24, 2.45) is 5.92 Å². The number of methoxy groups -OCH3 is 1. The summed E-state index contributed by atoms with van der Waals surface area (Å²) in [6.45, 7) is 2.61. The molecule has 0 unspecified atom stereocenters. The van der Waals surface area contributed by atoms with E-state index in [9.17, 15) is 13.2 Å². The molecule has 30 heavy (non-hydrogen) atoms. The lowest BCUT2D eigenvalue weighted by Gasteiger charge is -2.31. The summed E-state index contributed by atoms with van der Waals surface area (Å²) in [6.07, 6.45) is 2.97. The van der Waals surface area contributed by atoms with Crippen LogP contribution in [0.4, 0.5) is 0 Å². The molecule has 162 valence electrons. The quantitative estimate of drug-likeness (QED) is 0.654. The van der Waals surface area contributed by atoms with Crippen molar-refractivity contribution in [1.29, 1.82) is 0 Å². The zero-order valence-electron chi connectivity index (χ0n) is 17.5. The molecule has 0 aromatic heterocycles. The fourth-order valence-corrected chi connectivity index (χ4v) is 5.57. The third-order valence-corrected chi connectivity index (χ3v) is 8.14. The minimum absolute atomic E-state index is 0.0465. The Labute approximate surface area is 183 Å². The van der Waals surface area contributed by atoms with Gasteiger partial charge in [0.1, 0.15) is 5.75 Å². The van der Waals surface area contributed by atoms with Gasteiger partial charge in [-0.3, -0.25) is 4.79 Å². The fraction of sp³-hybridized carbons (Fsp3) is 0.409. The molecule has 1 fully saturated rings. The number of piperidine rings is 1. The van der Waals surface area contributed by atoms with Crippen molar-refractivity contribution in [2.75, 3.05) is 26.5 Å². The fourth-order valence-electron chi connectivity index (χ4n) is 3.69. The number of nitrogens with one attached hydrogen (secondary N) is 1. The average molecular weight is 449 g/mol. The van der Waals surface area contributed by atoms with Crippen LogP contribution in [0.2, 0.25) is 0 Å². The van der Waals surface area contributed by atoms with Gasteiger partial charge in [0.25, 0.3) is 0 Å². The molecule has 1 atom stereocenters. The monoisotopic (exact) mass is 448 g/mol. The third kappa shape index (κ3) is 4.99. The lowest BCUT2D eigenvalue weighted by molar-refractivity contribution is -0.126. The van der Waals surface area contributed by atoms with Gasteiger partial charge in [0.15, 0.2) is 0 Å². The second-order valence-corrected chi connectivity index (χ2v) is 10.1. The van der Waals surface area contributed by atoms with Crippen LogP contribution in [0.1, 0.15) is 31.4 Å². The van der Waals surface area contributed by atoms with Crippen LogP contribution in [0.15, 0.2) is 58.3 Å². The first-order valence-corrected chi connectivity index (χ1v) is 12.6. The summed E-state index contributed by atoms with van der Waals surface area (Å²) in [5, 5.41) is 3.05. The second-order valence-electron chi connectivity index (χ2n) is 7.33. The normalized spacial score (nSPS) is 16.8. The molecule has 0 aliphatic carbocycles. The summed E-state index contributed by atoms with van der Waals surface area (Å²) in [5.41, 5.74) is 0.919. The zero-order valence-corrected chi connectivity index (χ0v) is 19.1. The number of amides is 1. The lowest BCUT2D eigenvalue weighted by Crippen LogP contribution is -2.43. The Hall–Kier alpha value is -2.03. The van der Waals surface area contributed by atoms with E-state index in [-0.39, 0.29) is 17.9 Å². The van der Waals surface area contributed by atoms with Crippen molar-refractivity contribution < 1.29 is 17.9 Å². The topological polar surface area (TPSA) is 75.7 Å². The van der Waals surface area contributed by atoms with Crippen molar-refractivity contribution in [3.05, 3.63) is 54.1 Å². The minimum Gasteiger partial charge on any atom is -0.496 e. The highest BCUT2D eigenvalue weighted by molar-refractivity contribution is 7.98. The molecular formula is C22H28N2O4S2. The van der Waals surface area contributed by atoms with Crippen LogP contribution in [-0.4, -0.2) is 45.1 Å². The molecule has 0 spiro atoms. The molecule has 0 saturated carbocycles. The van der Waals surface area contributed by atoms with E-state index in [2.05, 4.69) is 5.32 Å². The molecule has 3 rings (SSSR count). The van der Waals surface area contributed by atoms with Crippen LogP contribution in [0.3, 0.4) is 0 Å². The maximum atomic E-state index is 12.9. The van der Waals surface area contributed by atoms with Gasteiger partial charge in [0.2, 0.25) is 15.9 Å². The molecule has 8 heteroatoms. The molecule has 1 aliphatic heterocycles. The SMILES string of the molecule is COc1ccccc1[C@H](C)NC(=O)C1CCN(S(=O)(=O)c2ccc(SC)cc2)CC1. The summed E-state index contributed by atoms with van der Waals surface area (Å²) < 4.78 is 32.7. The van der Waals surface area contributed by atoms with Crippen molar-refractivity contribution in [3.8, 4) is 5.75 Å². The summed E-state index contributed by atoms with van der Waals surface area (Å²) in [6, 6.07) is 14.3. The molecule has 2 aromatic carbocycles. The lowest BCUT2D eigenvalue weighted by atomic mass is 9.96. The third-order valence-electron chi connectivity index (χ3n) is 5.49. The van der Waals surface area contributed by atoms with Gasteiger partial charge in [-0.2, -0.15) is 4.31 Å². The Morgan fingerprint density at radius 3 is 2.37 bits per heavy atom. The van der Waals surface area contributed by atoms with Crippen LogP contribution in [0, 0.1) is 5.92 Å². The molecular weight excluding hydrogens is 420 g/mol. The Kier molecular flexibility index (Phi) is 7.44. The average Bonchev–Trinajstić information content (AvgIpc) is 2.79. The Balaban J connectivity index is 1.59. The molecule has 1 heterocycles. The number of hydrogen-bond acceptors (Lipinski definition) is 5. The number of sulfonamides is 1. The van der Waals surface area contributed by atoms with E-state index in [0.717, 1.165) is 16.2 Å². The van der Waals surface area contributed by atoms with Gasteiger partial charge >= 0.3 is 0 Å². The highest BCUT2D eigenvalue weighted by Crippen LogP contribution is 2.28. The Morgan fingerprint density at radius 2 is 1.77 bits per heavy atom. The Bertz CT molecular complexity index is 969. The number of carbonyl (C=O) groups is 1. The van der Waals surface area contributed by atoms with Crippen LogP contribution >= 0.6 is 11.8 Å². The number of thioether (sulfide) groups is 1. The highest BCUT2D eigenvalue weighted by Gasteiger charge is 2.32. The summed E-state index contributed by atoms with van der Waals surface area (Å²) >= 11 is 1.57. The minimum atomic E-state index is -3.54. The molecule has 1 N–H and O–H groups in total. The first-order valence-electron chi connectivity index (χ1n) is 9.94. The smallest absolute Gasteiger partial charge is 0.243 e. The van der Waals surface area contributed by atoms with Crippen LogP contribution in [0.25, 0.3) is 0 Å². The highest BCUT2D eigenvalue weighted by atomic mass is 32.2. The van der Waals surface area contributed by atoms with E-state index < -0.39 is 10.0 Å². The predicted molar refractivity (Wildman–Crippen MR) is 119 cm³/mol. The molecule has 1 aliphatic rings. The maximum Gasteiger partial charge on any atom is 0.243 e. The van der Waals surface area contributed by atoms with Crippen molar-refractivity contribution in [3.63, 3.8) is 0 Å². The number of ether oxygens (including phenoxy) is 1. The zero-order chi connectivity index (χ0) is 21.7. The number of para-hydroxylation sites is 1. The van der Waals surface area contributed by atoms with Gasteiger partial charge in [-0.05, 0) is 56.4 Å². The van der Waals surface area contributed by atoms with E-state index in [1.807, 2.05) is 49.6 Å². The second kappa shape index (κ2) is 9.85. The van der Waals surface area contributed by atoms with Gasteiger partial charge in [0, 0.05) is 29.5 Å². The summed E-state index contributed by atoms with van der Waals surface area (Å²) in [7, 11) is -1.93. The van der Waals surface area contributed by atoms with Crippen LogP contribution in [-0.2, 0) is 14.8 Å². The van der Waals surface area contributed by atoms with Crippen LogP contribution < -0.4 is 10.1 Å². The number of hydrogen-bond donors (Lipinski definition) is 1. The van der Waals surface area contributed by atoms with Gasteiger partial charge < -0.3 is 10.1 Å². The largest absolute Gasteiger partial charge is 0.496 e. The van der Waals surface area contributed by atoms with Gasteiger partial charge in [0.05, 0.1) is 18.0 Å². The first-order chi connectivity index (χ1) is 14.4. The first kappa shape index (κ1) is 22.7. The van der Waals surface area contributed by atoms with Gasteiger partial charge in [-0.15, -0.1) is 11.8 Å². The van der Waals surface area contributed by atoms with Gasteiger partial charge in [-0.1, -0.05) is 18.2 Å². The van der Waals surface area contributed by atoms with E-state index in [1.54, 1.807) is 31.0 Å². The molecule has 0 radical (unpaired) electrons. The van der Waals surface area contributed by atoms with Gasteiger partial charge in [-0.25, -0.2) is 8.42 Å². The van der Waals surface area contributed by atoms with E-state index in [1.165, 1.54) is 4.31 Å². The van der Waals surface area contributed by atoms with E-state index >= 15 is 0 Å². The molecule has 1 saturated heterocycles. The van der Waals surface area contributed by atoms with E-state index in [4.69, 9.17) is 4.74 Å². The van der Waals surface area contributed by atoms with E-state index in [0.29, 0.717) is 30.8 Å². The Morgan fingerprint density at radius 1 is 1.13 bits per heavy atom. The van der Waals surface area contributed by atoms with Crippen molar-refractivity contribution in [2.45, 2.75) is 35.6 Å².